The lowest BCUT2D eigenvalue weighted by molar-refractivity contribution is 0.135. The molecular weight excluding hydrogens is 390 g/mol. The first-order valence-corrected chi connectivity index (χ1v) is 10.8. The smallest absolute Gasteiger partial charge is 0.158 e. The lowest BCUT2D eigenvalue weighted by atomic mass is 10.1. The van der Waals surface area contributed by atoms with E-state index in [-0.39, 0.29) is 6.10 Å². The molecule has 1 aromatic carbocycles. The lowest BCUT2D eigenvalue weighted by Crippen LogP contribution is -2.22. The molecule has 31 heavy (non-hydrogen) atoms. The van der Waals surface area contributed by atoms with Crippen molar-refractivity contribution in [3.05, 3.63) is 53.5 Å². The second-order valence-electron chi connectivity index (χ2n) is 8.09. The maximum atomic E-state index is 10.6. The maximum Gasteiger partial charge on any atom is 0.158 e. The van der Waals surface area contributed by atoms with Gasteiger partial charge in [-0.15, -0.1) is 0 Å². The number of aromatic nitrogens is 3. The van der Waals surface area contributed by atoms with Crippen LogP contribution in [0.25, 0.3) is 11.0 Å². The zero-order valence-electron chi connectivity index (χ0n) is 19.0. The molecule has 0 spiro atoms. The van der Waals surface area contributed by atoms with Crippen LogP contribution in [0.15, 0.2) is 42.2 Å². The zero-order chi connectivity index (χ0) is 22.4. The van der Waals surface area contributed by atoms with Crippen molar-refractivity contribution in [3.8, 4) is 5.75 Å². The summed E-state index contributed by atoms with van der Waals surface area (Å²) in [7, 11) is 0. The Hall–Kier alpha value is -2.90. The Kier molecular flexibility index (Phi) is 7.65. The van der Waals surface area contributed by atoms with Crippen molar-refractivity contribution in [2.45, 2.75) is 59.8 Å². The van der Waals surface area contributed by atoms with Gasteiger partial charge < -0.3 is 20.1 Å². The molecule has 0 radical (unpaired) electrons. The fourth-order valence-electron chi connectivity index (χ4n) is 3.27. The van der Waals surface area contributed by atoms with Gasteiger partial charge in [-0.3, -0.25) is 5.32 Å². The lowest BCUT2D eigenvalue weighted by Gasteiger charge is -2.16. The molecule has 0 bridgehead atoms. The number of hydrogen-bond acceptors (Lipinski definition) is 6. The number of fused-ring (bicyclic) bond motifs is 1. The first-order valence-electron chi connectivity index (χ1n) is 10.8. The number of anilines is 2. The number of hydrogen-bond donors (Lipinski definition) is 4. The molecular formula is C24H33N5O2. The number of nitrogens with zero attached hydrogens (tertiary/aromatic N) is 2. The second-order valence-corrected chi connectivity index (χ2v) is 8.09. The van der Waals surface area contributed by atoms with Crippen molar-refractivity contribution in [3.63, 3.8) is 0 Å². The van der Waals surface area contributed by atoms with Gasteiger partial charge in [0.2, 0.25) is 0 Å². The number of aryl methyl sites for hydroxylation is 1. The Labute approximate surface area is 184 Å². The summed E-state index contributed by atoms with van der Waals surface area (Å²) in [6.45, 7) is 10.9. The number of H-pyrrole nitrogens is 1. The Morgan fingerprint density at radius 1 is 1.26 bits per heavy atom. The predicted molar refractivity (Wildman–Crippen MR) is 126 cm³/mol. The summed E-state index contributed by atoms with van der Waals surface area (Å²) >= 11 is 0. The van der Waals surface area contributed by atoms with Gasteiger partial charge in [0.25, 0.3) is 0 Å². The molecule has 0 saturated heterocycles. The number of ether oxygens (including phenoxy) is 1. The van der Waals surface area contributed by atoms with E-state index < -0.39 is 6.23 Å². The first kappa shape index (κ1) is 22.8. The SMILES string of the molecule is C/C=C(/C)CCCNC(O)c1cc2ncnc(Nc3ccc(C)cc3OC(C)C)c2[nH]1. The number of aliphatic hydroxyl groups excluding tert-OH is 1. The standard InChI is InChI=1S/C24H33N5O2/c1-6-16(4)8-7-11-25-24(30)20-13-19-22(28-20)23(27-14-26-19)29-18-10-9-17(5)12-21(18)31-15(2)3/h6,9-10,12-15,24-25,28,30H,7-8,11H2,1-5H3,(H,26,27,29)/b16-6-. The molecule has 2 aromatic heterocycles. The van der Waals surface area contributed by atoms with Gasteiger partial charge in [-0.2, -0.15) is 0 Å². The fourth-order valence-corrected chi connectivity index (χ4v) is 3.27. The normalized spacial score (nSPS) is 13.1. The van der Waals surface area contributed by atoms with E-state index in [0.717, 1.165) is 47.4 Å². The molecule has 0 aliphatic rings. The highest BCUT2D eigenvalue weighted by atomic mass is 16.5. The van der Waals surface area contributed by atoms with Gasteiger partial charge in [-0.1, -0.05) is 17.7 Å². The van der Waals surface area contributed by atoms with Gasteiger partial charge in [0.1, 0.15) is 23.8 Å². The van der Waals surface area contributed by atoms with Crippen LogP contribution >= 0.6 is 0 Å². The van der Waals surface area contributed by atoms with Gasteiger partial charge in [0.05, 0.1) is 23.0 Å². The highest BCUT2D eigenvalue weighted by molar-refractivity contribution is 5.88. The van der Waals surface area contributed by atoms with E-state index in [0.29, 0.717) is 11.5 Å². The van der Waals surface area contributed by atoms with Gasteiger partial charge in [-0.05, 0) is 77.8 Å². The van der Waals surface area contributed by atoms with Crippen molar-refractivity contribution in [1.82, 2.24) is 20.3 Å². The van der Waals surface area contributed by atoms with Gasteiger partial charge >= 0.3 is 0 Å². The fraction of sp³-hybridized carbons (Fsp3) is 0.417. The van der Waals surface area contributed by atoms with E-state index in [1.807, 2.05) is 52.0 Å². The number of rotatable bonds is 10. The Morgan fingerprint density at radius 3 is 2.81 bits per heavy atom. The zero-order valence-corrected chi connectivity index (χ0v) is 19.0. The van der Waals surface area contributed by atoms with E-state index >= 15 is 0 Å². The number of aromatic amines is 1. The average Bonchev–Trinajstić information content (AvgIpc) is 3.18. The molecule has 1 unspecified atom stereocenters. The summed E-state index contributed by atoms with van der Waals surface area (Å²) in [6.07, 6.45) is 4.87. The minimum Gasteiger partial charge on any atom is -0.489 e. The van der Waals surface area contributed by atoms with Gasteiger partial charge in [0.15, 0.2) is 5.82 Å². The third kappa shape index (κ3) is 6.06. The van der Waals surface area contributed by atoms with Gasteiger partial charge in [0, 0.05) is 0 Å². The van der Waals surface area contributed by atoms with Crippen molar-refractivity contribution in [2.24, 2.45) is 0 Å². The molecule has 166 valence electrons. The molecule has 0 amide bonds. The summed E-state index contributed by atoms with van der Waals surface area (Å²) in [6, 6.07) is 7.85. The van der Waals surface area contributed by atoms with Crippen molar-refractivity contribution < 1.29 is 9.84 Å². The van der Waals surface area contributed by atoms with Crippen molar-refractivity contribution >= 4 is 22.5 Å². The van der Waals surface area contributed by atoms with E-state index in [2.05, 4.69) is 38.6 Å². The van der Waals surface area contributed by atoms with E-state index in [1.54, 1.807) is 0 Å². The molecule has 0 aliphatic heterocycles. The highest BCUT2D eigenvalue weighted by Crippen LogP contribution is 2.31. The third-order valence-corrected chi connectivity index (χ3v) is 5.06. The largest absolute Gasteiger partial charge is 0.489 e. The van der Waals surface area contributed by atoms with Crippen LogP contribution in [0.1, 0.15) is 58.0 Å². The molecule has 1 atom stereocenters. The maximum absolute atomic E-state index is 10.6. The van der Waals surface area contributed by atoms with Crippen LogP contribution in [0.4, 0.5) is 11.5 Å². The number of aliphatic hydroxyl groups is 1. The predicted octanol–water partition coefficient (Wildman–Crippen LogP) is 5.12. The van der Waals surface area contributed by atoms with Crippen LogP contribution in [0, 0.1) is 6.92 Å². The molecule has 4 N–H and O–H groups in total. The molecule has 3 rings (SSSR count). The Morgan fingerprint density at radius 2 is 2.06 bits per heavy atom. The molecule has 0 aliphatic carbocycles. The molecule has 0 saturated carbocycles. The summed E-state index contributed by atoms with van der Waals surface area (Å²) in [4.78, 5) is 12.0. The van der Waals surface area contributed by atoms with Crippen LogP contribution in [-0.2, 0) is 0 Å². The number of benzene rings is 1. The quantitative estimate of drug-likeness (QED) is 0.205. The van der Waals surface area contributed by atoms with Crippen LogP contribution < -0.4 is 15.4 Å². The minimum atomic E-state index is -0.799. The average molecular weight is 424 g/mol. The molecule has 7 heteroatoms. The Balaban J connectivity index is 1.77. The van der Waals surface area contributed by atoms with Crippen LogP contribution in [0.3, 0.4) is 0 Å². The van der Waals surface area contributed by atoms with Gasteiger partial charge in [-0.25, -0.2) is 9.97 Å². The van der Waals surface area contributed by atoms with Crippen molar-refractivity contribution in [1.29, 1.82) is 0 Å². The summed E-state index contributed by atoms with van der Waals surface area (Å²) in [5, 5.41) is 17.1. The molecule has 3 aromatic rings. The van der Waals surface area contributed by atoms with Crippen LogP contribution in [0.5, 0.6) is 5.75 Å². The molecule has 2 heterocycles. The summed E-state index contributed by atoms with van der Waals surface area (Å²) < 4.78 is 5.96. The van der Waals surface area contributed by atoms with Crippen LogP contribution in [0.2, 0.25) is 0 Å². The van der Waals surface area contributed by atoms with E-state index in [4.69, 9.17) is 4.74 Å². The first-order chi connectivity index (χ1) is 14.9. The summed E-state index contributed by atoms with van der Waals surface area (Å²) in [5.74, 6) is 1.40. The third-order valence-electron chi connectivity index (χ3n) is 5.06. The Bertz CT molecular complexity index is 1040. The second kappa shape index (κ2) is 10.4. The number of nitrogens with one attached hydrogen (secondary N) is 3. The van der Waals surface area contributed by atoms with Crippen LogP contribution in [-0.4, -0.2) is 32.7 Å². The van der Waals surface area contributed by atoms with E-state index in [1.165, 1.54) is 11.9 Å². The molecule has 0 fully saturated rings. The van der Waals surface area contributed by atoms with E-state index in [9.17, 15) is 5.11 Å². The minimum absolute atomic E-state index is 0.0580. The monoisotopic (exact) mass is 423 g/mol. The highest BCUT2D eigenvalue weighted by Gasteiger charge is 2.15. The number of allylic oxidation sites excluding steroid dienone is 2. The van der Waals surface area contributed by atoms with Crippen molar-refractivity contribution in [2.75, 3.05) is 11.9 Å². The summed E-state index contributed by atoms with van der Waals surface area (Å²) in [5.41, 5.74) is 5.42. The topological polar surface area (TPSA) is 95.1 Å². The molecule has 7 nitrogen and oxygen atoms in total.